The van der Waals surface area contributed by atoms with Crippen LogP contribution in [0.25, 0.3) is 22.2 Å². The number of fused-ring (bicyclic) bond motifs is 2. The van der Waals surface area contributed by atoms with Crippen LogP contribution in [0.15, 0.2) is 36.4 Å². The Hall–Kier alpha value is -2.87. The first kappa shape index (κ1) is 25.8. The molecule has 1 amide bonds. The molecule has 196 valence electrons. The van der Waals surface area contributed by atoms with Gasteiger partial charge in [0.05, 0.1) is 22.4 Å². The van der Waals surface area contributed by atoms with E-state index in [1.807, 2.05) is 45.0 Å². The number of halogens is 1. The summed E-state index contributed by atoms with van der Waals surface area (Å²) in [7, 11) is 0. The van der Waals surface area contributed by atoms with E-state index >= 15 is 0 Å². The smallest absolute Gasteiger partial charge is 0.419 e. The Kier molecular flexibility index (Phi) is 6.81. The summed E-state index contributed by atoms with van der Waals surface area (Å²) >= 11 is 6.38. The van der Waals surface area contributed by atoms with Crippen molar-refractivity contribution in [3.05, 3.63) is 58.1 Å². The van der Waals surface area contributed by atoms with Gasteiger partial charge >= 0.3 is 6.09 Å². The fourth-order valence-corrected chi connectivity index (χ4v) is 5.65. The maximum Gasteiger partial charge on any atom is 0.419 e. The molecule has 0 saturated heterocycles. The van der Waals surface area contributed by atoms with Crippen molar-refractivity contribution in [2.75, 3.05) is 6.54 Å². The first-order valence-electron chi connectivity index (χ1n) is 13.0. The molecule has 0 bridgehead atoms. The zero-order valence-electron chi connectivity index (χ0n) is 21.6. The predicted octanol–water partition coefficient (Wildman–Crippen LogP) is 5.77. The summed E-state index contributed by atoms with van der Waals surface area (Å²) in [5, 5.41) is 18.4. The fraction of sp³-hybridized carbons (Fsp3) is 0.448. The average Bonchev–Trinajstić information content (AvgIpc) is 3.40. The third-order valence-electron chi connectivity index (χ3n) is 7.19. The van der Waals surface area contributed by atoms with E-state index < -0.39 is 17.3 Å². The van der Waals surface area contributed by atoms with Gasteiger partial charge < -0.3 is 20.5 Å². The van der Waals surface area contributed by atoms with E-state index in [1.54, 1.807) is 12.1 Å². The minimum absolute atomic E-state index is 0.209. The van der Waals surface area contributed by atoms with E-state index in [9.17, 15) is 14.7 Å². The van der Waals surface area contributed by atoms with E-state index in [0.29, 0.717) is 47.0 Å². The van der Waals surface area contributed by atoms with E-state index in [2.05, 4.69) is 10.6 Å². The second kappa shape index (κ2) is 9.78. The molecule has 0 radical (unpaired) electrons. The number of carbonyl (C=O) groups excluding carboxylic acids is 2. The number of hydrogen-bond donors (Lipinski definition) is 3. The largest absolute Gasteiger partial charge is 0.443 e. The number of amides is 1. The van der Waals surface area contributed by atoms with Crippen molar-refractivity contribution in [2.24, 2.45) is 0 Å². The van der Waals surface area contributed by atoms with Gasteiger partial charge in [0.25, 0.3) is 5.91 Å². The van der Waals surface area contributed by atoms with Gasteiger partial charge in [-0.05, 0) is 63.4 Å². The molecule has 3 aromatic rings. The molecule has 7 nitrogen and oxygen atoms in total. The summed E-state index contributed by atoms with van der Waals surface area (Å²) in [6.45, 7) is 7.00. The number of nitrogens with zero attached hydrogens (tertiary/aromatic N) is 1. The lowest BCUT2D eigenvalue weighted by Crippen LogP contribution is -2.41. The van der Waals surface area contributed by atoms with Gasteiger partial charge in [0.15, 0.2) is 0 Å². The Bertz CT molecular complexity index is 1370. The number of aromatic nitrogens is 1. The third-order valence-corrected chi connectivity index (χ3v) is 7.55. The van der Waals surface area contributed by atoms with Crippen LogP contribution in [-0.2, 0) is 17.8 Å². The van der Waals surface area contributed by atoms with Gasteiger partial charge in [-0.25, -0.2) is 9.36 Å². The van der Waals surface area contributed by atoms with Crippen molar-refractivity contribution in [3.63, 3.8) is 0 Å². The van der Waals surface area contributed by atoms with Crippen molar-refractivity contribution in [3.8, 4) is 11.3 Å². The van der Waals surface area contributed by atoms with Gasteiger partial charge in [0, 0.05) is 41.2 Å². The Labute approximate surface area is 222 Å². The molecule has 1 aromatic heterocycles. The number of nitrogens with one attached hydrogen (secondary N) is 2. The van der Waals surface area contributed by atoms with Crippen molar-refractivity contribution in [2.45, 2.75) is 77.2 Å². The highest BCUT2D eigenvalue weighted by Gasteiger charge is 2.30. The number of hydrogen-bond acceptors (Lipinski definition) is 5. The van der Waals surface area contributed by atoms with Crippen LogP contribution in [0.4, 0.5) is 4.79 Å². The van der Waals surface area contributed by atoms with Gasteiger partial charge in [0.1, 0.15) is 5.60 Å². The van der Waals surface area contributed by atoms with Crippen LogP contribution >= 0.6 is 11.6 Å². The van der Waals surface area contributed by atoms with Crippen molar-refractivity contribution in [1.82, 2.24) is 15.2 Å². The van der Waals surface area contributed by atoms with E-state index in [0.717, 1.165) is 42.2 Å². The van der Waals surface area contributed by atoms with E-state index in [1.165, 1.54) is 11.0 Å². The molecular formula is C29H34ClN3O4. The molecule has 0 spiro atoms. The zero-order valence-corrected chi connectivity index (χ0v) is 22.4. The Balaban J connectivity index is 1.52. The molecule has 2 aliphatic rings. The van der Waals surface area contributed by atoms with Crippen LogP contribution < -0.4 is 10.6 Å². The van der Waals surface area contributed by atoms with Crippen LogP contribution in [0.5, 0.6) is 0 Å². The minimum Gasteiger partial charge on any atom is -0.443 e. The predicted molar refractivity (Wildman–Crippen MR) is 145 cm³/mol. The molecule has 2 aromatic carbocycles. The van der Waals surface area contributed by atoms with Gasteiger partial charge in [-0.1, -0.05) is 43.0 Å². The Morgan fingerprint density at radius 1 is 1.16 bits per heavy atom. The zero-order chi connectivity index (χ0) is 26.4. The van der Waals surface area contributed by atoms with Gasteiger partial charge in [-0.3, -0.25) is 4.79 Å². The topological polar surface area (TPSA) is 92.6 Å². The quantitative estimate of drug-likeness (QED) is 0.394. The number of benzene rings is 2. The van der Waals surface area contributed by atoms with Crippen LogP contribution in [0, 0.1) is 0 Å². The van der Waals surface area contributed by atoms with Crippen LogP contribution in [-0.4, -0.2) is 39.4 Å². The van der Waals surface area contributed by atoms with Crippen molar-refractivity contribution >= 4 is 34.5 Å². The SMILES string of the molecule is CC(C)(C)OC(=O)n1c(-c2ccc(Cl)c3c2C(=O)NC3)cc2cc(CNCC3(O)CCCCC3)ccc21. The van der Waals surface area contributed by atoms with Gasteiger partial charge in [0.2, 0.25) is 0 Å². The standard InChI is InChI=1S/C29H34ClN3O4/c1-28(2,3)37-27(35)33-23-10-7-18(15-31-17-29(36)11-5-4-6-12-29)13-19(23)14-24(33)20-8-9-22(30)21-16-32-26(34)25(20)21/h7-10,13-14,31,36H,4-6,11-12,15-17H2,1-3H3,(H,32,34). The summed E-state index contributed by atoms with van der Waals surface area (Å²) < 4.78 is 7.29. The van der Waals surface area contributed by atoms with Gasteiger partial charge in [-0.15, -0.1) is 0 Å². The molecule has 2 heterocycles. The highest BCUT2D eigenvalue weighted by molar-refractivity contribution is 6.32. The lowest BCUT2D eigenvalue weighted by molar-refractivity contribution is 0.00466. The number of aliphatic hydroxyl groups is 1. The minimum atomic E-state index is -0.687. The molecular weight excluding hydrogens is 490 g/mol. The summed E-state index contributed by atoms with van der Waals surface area (Å²) in [5.74, 6) is -0.209. The normalized spacial score (nSPS) is 17.1. The molecule has 8 heteroatoms. The Morgan fingerprint density at radius 3 is 2.65 bits per heavy atom. The molecule has 0 atom stereocenters. The molecule has 5 rings (SSSR count). The number of carbonyl (C=O) groups is 2. The number of ether oxygens (including phenoxy) is 1. The second-order valence-electron chi connectivity index (χ2n) is 11.3. The summed E-state index contributed by atoms with van der Waals surface area (Å²) in [6, 6.07) is 11.4. The lowest BCUT2D eigenvalue weighted by atomic mass is 9.85. The van der Waals surface area contributed by atoms with E-state index in [-0.39, 0.29) is 5.91 Å². The molecule has 1 fully saturated rings. The second-order valence-corrected chi connectivity index (χ2v) is 11.7. The molecule has 37 heavy (non-hydrogen) atoms. The lowest BCUT2D eigenvalue weighted by Gasteiger charge is -2.32. The monoisotopic (exact) mass is 523 g/mol. The molecule has 1 aliphatic carbocycles. The van der Waals surface area contributed by atoms with Crippen LogP contribution in [0.1, 0.15) is 74.4 Å². The molecule has 1 saturated carbocycles. The Morgan fingerprint density at radius 2 is 1.92 bits per heavy atom. The molecule has 1 aliphatic heterocycles. The maximum absolute atomic E-state index is 13.4. The number of rotatable bonds is 5. The highest BCUT2D eigenvalue weighted by atomic mass is 35.5. The molecule has 3 N–H and O–H groups in total. The maximum atomic E-state index is 13.4. The van der Waals surface area contributed by atoms with Crippen LogP contribution in [0.2, 0.25) is 5.02 Å². The van der Waals surface area contributed by atoms with E-state index in [4.69, 9.17) is 16.3 Å². The third kappa shape index (κ3) is 5.26. The first-order valence-corrected chi connectivity index (χ1v) is 13.3. The average molecular weight is 524 g/mol. The highest BCUT2D eigenvalue weighted by Crippen LogP contribution is 2.37. The summed E-state index contributed by atoms with van der Waals surface area (Å²) in [4.78, 5) is 26.2. The van der Waals surface area contributed by atoms with Gasteiger partial charge in [-0.2, -0.15) is 0 Å². The van der Waals surface area contributed by atoms with Crippen LogP contribution in [0.3, 0.4) is 0 Å². The summed E-state index contributed by atoms with van der Waals surface area (Å²) in [6.07, 6.45) is 4.48. The molecule has 0 unspecified atom stereocenters. The first-order chi connectivity index (χ1) is 17.5. The van der Waals surface area contributed by atoms with Crippen molar-refractivity contribution in [1.29, 1.82) is 0 Å². The van der Waals surface area contributed by atoms with Crippen molar-refractivity contribution < 1.29 is 19.4 Å². The fourth-order valence-electron chi connectivity index (χ4n) is 5.43. The summed E-state index contributed by atoms with van der Waals surface area (Å²) in [5.41, 5.74) is 2.85.